The van der Waals surface area contributed by atoms with Crippen molar-refractivity contribution in [3.05, 3.63) is 43.0 Å². The van der Waals surface area contributed by atoms with Gasteiger partial charge in [0.05, 0.1) is 13.2 Å². The molecule has 5 heteroatoms. The van der Waals surface area contributed by atoms with Gasteiger partial charge in [-0.25, -0.2) is 4.57 Å². The molecule has 0 aliphatic rings. The summed E-state index contributed by atoms with van der Waals surface area (Å²) in [7, 11) is -3.57. The number of rotatable bonds is 10. The first-order valence-corrected chi connectivity index (χ1v) is 7.91. The molecule has 1 aromatic carbocycles. The van der Waals surface area contributed by atoms with Crippen LogP contribution in [0.15, 0.2) is 43.0 Å². The van der Waals surface area contributed by atoms with Crippen LogP contribution in [0.25, 0.3) is 0 Å². The number of hydrogen-bond donors (Lipinski definition) is 0. The fourth-order valence-electron chi connectivity index (χ4n) is 1.37. The average Bonchev–Trinajstić information content (AvgIpc) is 2.43. The monoisotopic (exact) mass is 284 g/mol. The molecular formula is C14H21O4P. The molecule has 0 spiro atoms. The number of hydrogen-bond acceptors (Lipinski definition) is 4. The molecule has 0 bridgehead atoms. The van der Waals surface area contributed by atoms with E-state index < -0.39 is 7.82 Å². The molecule has 4 nitrogen and oxygen atoms in total. The lowest BCUT2D eigenvalue weighted by molar-refractivity contribution is 0.164. The normalized spacial score (nSPS) is 13.7. The van der Waals surface area contributed by atoms with Crippen LogP contribution in [0.1, 0.15) is 26.2 Å². The third-order valence-corrected chi connectivity index (χ3v) is 3.71. The molecule has 0 aliphatic heterocycles. The maximum atomic E-state index is 12.4. The van der Waals surface area contributed by atoms with Crippen LogP contribution in [0.3, 0.4) is 0 Å². The summed E-state index contributed by atoms with van der Waals surface area (Å²) in [5.74, 6) is 0.463. The summed E-state index contributed by atoms with van der Waals surface area (Å²) in [4.78, 5) is 0. The van der Waals surface area contributed by atoms with Gasteiger partial charge in [0.1, 0.15) is 5.75 Å². The molecule has 0 N–H and O–H groups in total. The molecule has 0 aliphatic carbocycles. The van der Waals surface area contributed by atoms with Crippen molar-refractivity contribution in [2.75, 3.05) is 13.2 Å². The molecule has 19 heavy (non-hydrogen) atoms. The van der Waals surface area contributed by atoms with Crippen molar-refractivity contribution in [2.45, 2.75) is 26.2 Å². The van der Waals surface area contributed by atoms with Crippen LogP contribution in [0.5, 0.6) is 5.75 Å². The minimum absolute atomic E-state index is 0.123. The molecule has 0 fully saturated rings. The highest BCUT2D eigenvalue weighted by molar-refractivity contribution is 7.48. The first-order valence-electron chi connectivity index (χ1n) is 6.45. The fraction of sp³-hybridized carbons (Fsp3) is 0.429. The zero-order chi connectivity index (χ0) is 14.0. The van der Waals surface area contributed by atoms with Crippen LogP contribution in [0, 0.1) is 0 Å². The predicted molar refractivity (Wildman–Crippen MR) is 76.3 cm³/mol. The van der Waals surface area contributed by atoms with Gasteiger partial charge in [0.2, 0.25) is 0 Å². The highest BCUT2D eigenvalue weighted by atomic mass is 31.2. The van der Waals surface area contributed by atoms with Gasteiger partial charge < -0.3 is 4.52 Å². The van der Waals surface area contributed by atoms with E-state index in [0.29, 0.717) is 12.4 Å². The fourth-order valence-corrected chi connectivity index (χ4v) is 2.57. The predicted octanol–water partition coefficient (Wildman–Crippen LogP) is 4.58. The Balaban J connectivity index is 2.58. The summed E-state index contributed by atoms with van der Waals surface area (Å²) < 4.78 is 28.2. The van der Waals surface area contributed by atoms with Crippen molar-refractivity contribution in [3.63, 3.8) is 0 Å². The Morgan fingerprint density at radius 2 is 1.95 bits per heavy atom. The Kier molecular flexibility index (Phi) is 7.49. The molecule has 0 saturated carbocycles. The van der Waals surface area contributed by atoms with Crippen molar-refractivity contribution in [1.29, 1.82) is 0 Å². The largest absolute Gasteiger partial charge is 0.530 e. The molecule has 1 aromatic rings. The molecule has 1 atom stereocenters. The molecular weight excluding hydrogens is 263 g/mol. The molecule has 0 saturated heterocycles. The quantitative estimate of drug-likeness (QED) is 0.358. The molecule has 0 amide bonds. The van der Waals surface area contributed by atoms with E-state index in [1.165, 1.54) is 6.08 Å². The number of phosphoric ester groups is 1. The molecule has 0 heterocycles. The van der Waals surface area contributed by atoms with Crippen LogP contribution in [-0.2, 0) is 13.6 Å². The van der Waals surface area contributed by atoms with Gasteiger partial charge in [-0.05, 0) is 18.6 Å². The summed E-state index contributed by atoms with van der Waals surface area (Å²) >= 11 is 0. The van der Waals surface area contributed by atoms with Gasteiger partial charge in [0.15, 0.2) is 0 Å². The van der Waals surface area contributed by atoms with Crippen LogP contribution >= 0.6 is 7.82 Å². The zero-order valence-corrected chi connectivity index (χ0v) is 12.2. The zero-order valence-electron chi connectivity index (χ0n) is 11.3. The standard InChI is InChI=1S/C14H21O4P/c1-3-5-9-13-17-19(15,16-12-4-2)18-14-10-7-6-8-11-14/h4,6-8,10-11H,2-3,5,9,12-13H2,1H3. The first kappa shape index (κ1) is 16.0. The summed E-state index contributed by atoms with van der Waals surface area (Å²) in [6, 6.07) is 8.86. The van der Waals surface area contributed by atoms with Crippen molar-refractivity contribution in [3.8, 4) is 5.75 Å². The Bertz CT molecular complexity index is 405. The lowest BCUT2D eigenvalue weighted by Crippen LogP contribution is -2.04. The third-order valence-electron chi connectivity index (χ3n) is 2.31. The SMILES string of the molecule is C=CCOP(=O)(OCCCCC)Oc1ccccc1. The van der Waals surface area contributed by atoms with Gasteiger partial charge in [-0.15, -0.1) is 6.58 Å². The lowest BCUT2D eigenvalue weighted by atomic mass is 10.3. The Morgan fingerprint density at radius 3 is 2.58 bits per heavy atom. The van der Waals surface area contributed by atoms with Crippen molar-refractivity contribution in [1.82, 2.24) is 0 Å². The number of para-hydroxylation sites is 1. The van der Waals surface area contributed by atoms with E-state index in [2.05, 4.69) is 13.5 Å². The van der Waals surface area contributed by atoms with E-state index in [4.69, 9.17) is 13.6 Å². The smallest absolute Gasteiger partial charge is 0.404 e. The molecule has 106 valence electrons. The minimum Gasteiger partial charge on any atom is -0.404 e. The van der Waals surface area contributed by atoms with E-state index in [-0.39, 0.29) is 6.61 Å². The van der Waals surface area contributed by atoms with Crippen LogP contribution in [-0.4, -0.2) is 13.2 Å². The second-order valence-corrected chi connectivity index (χ2v) is 5.57. The maximum absolute atomic E-state index is 12.4. The molecule has 0 aromatic heterocycles. The Labute approximate surface area is 115 Å². The van der Waals surface area contributed by atoms with Crippen molar-refractivity contribution >= 4 is 7.82 Å². The molecule has 1 unspecified atom stereocenters. The van der Waals surface area contributed by atoms with Crippen LogP contribution < -0.4 is 4.52 Å². The van der Waals surface area contributed by atoms with Gasteiger partial charge in [-0.3, -0.25) is 9.05 Å². The lowest BCUT2D eigenvalue weighted by Gasteiger charge is -2.17. The van der Waals surface area contributed by atoms with E-state index in [0.717, 1.165) is 19.3 Å². The molecule has 1 rings (SSSR count). The number of benzene rings is 1. The highest BCUT2D eigenvalue weighted by Crippen LogP contribution is 2.49. The van der Waals surface area contributed by atoms with E-state index >= 15 is 0 Å². The van der Waals surface area contributed by atoms with Crippen molar-refractivity contribution < 1.29 is 18.1 Å². The number of phosphoric acid groups is 1. The van der Waals surface area contributed by atoms with Gasteiger partial charge in [0, 0.05) is 0 Å². The van der Waals surface area contributed by atoms with Gasteiger partial charge in [-0.1, -0.05) is 44.0 Å². The minimum atomic E-state index is -3.57. The Morgan fingerprint density at radius 1 is 1.21 bits per heavy atom. The summed E-state index contributed by atoms with van der Waals surface area (Å²) in [5, 5.41) is 0. The van der Waals surface area contributed by atoms with Gasteiger partial charge >= 0.3 is 7.82 Å². The topological polar surface area (TPSA) is 44.8 Å². The summed E-state index contributed by atoms with van der Waals surface area (Å²) in [6.07, 6.45) is 4.43. The van der Waals surface area contributed by atoms with E-state index in [1.807, 2.05) is 6.07 Å². The van der Waals surface area contributed by atoms with Crippen LogP contribution in [0.4, 0.5) is 0 Å². The Hall–Kier alpha value is -1.09. The van der Waals surface area contributed by atoms with Crippen molar-refractivity contribution in [2.24, 2.45) is 0 Å². The average molecular weight is 284 g/mol. The van der Waals surface area contributed by atoms with E-state index in [1.54, 1.807) is 24.3 Å². The third kappa shape index (κ3) is 6.58. The first-order chi connectivity index (χ1) is 9.20. The summed E-state index contributed by atoms with van der Waals surface area (Å²) in [6.45, 7) is 6.09. The number of unbranched alkanes of at least 4 members (excludes halogenated alkanes) is 2. The van der Waals surface area contributed by atoms with Gasteiger partial charge in [0.25, 0.3) is 0 Å². The van der Waals surface area contributed by atoms with E-state index in [9.17, 15) is 4.57 Å². The molecule has 0 radical (unpaired) electrons. The second kappa shape index (κ2) is 8.92. The van der Waals surface area contributed by atoms with Gasteiger partial charge in [-0.2, -0.15) is 0 Å². The summed E-state index contributed by atoms with van der Waals surface area (Å²) in [5.41, 5.74) is 0. The maximum Gasteiger partial charge on any atom is 0.530 e. The highest BCUT2D eigenvalue weighted by Gasteiger charge is 2.27. The van der Waals surface area contributed by atoms with Crippen LogP contribution in [0.2, 0.25) is 0 Å². The second-order valence-electron chi connectivity index (χ2n) is 3.98.